The Labute approximate surface area is 98.1 Å². The van der Waals surface area contributed by atoms with E-state index in [1.807, 2.05) is 0 Å². The van der Waals surface area contributed by atoms with Crippen LogP contribution in [0, 0.1) is 16.7 Å². The summed E-state index contributed by atoms with van der Waals surface area (Å²) < 4.78 is 5.20. The van der Waals surface area contributed by atoms with Gasteiger partial charge in [0.05, 0.1) is 12.7 Å². The molecule has 0 spiro atoms. The predicted octanol–water partition coefficient (Wildman–Crippen LogP) is 3.22. The van der Waals surface area contributed by atoms with E-state index >= 15 is 0 Å². The molecular weight excluding hydrogens is 202 g/mol. The predicted molar refractivity (Wildman–Crippen MR) is 63.6 cm³/mol. The first-order valence-corrected chi connectivity index (χ1v) is 5.71. The Morgan fingerprint density at radius 2 is 2.00 bits per heavy atom. The summed E-state index contributed by atoms with van der Waals surface area (Å²) in [6, 6.07) is 2.14. The van der Waals surface area contributed by atoms with Crippen molar-refractivity contribution in [2.24, 2.45) is 5.41 Å². The molecule has 0 heterocycles. The number of hydrogen-bond donors (Lipinski definition) is 0. The van der Waals surface area contributed by atoms with Crippen LogP contribution in [0.2, 0.25) is 0 Å². The van der Waals surface area contributed by atoms with Gasteiger partial charge in [0.25, 0.3) is 0 Å². The van der Waals surface area contributed by atoms with Gasteiger partial charge in [-0.15, -0.1) is 0 Å². The Hall–Kier alpha value is -1.30. The van der Waals surface area contributed by atoms with Crippen molar-refractivity contribution in [3.63, 3.8) is 0 Å². The van der Waals surface area contributed by atoms with E-state index in [-0.39, 0.29) is 11.4 Å². The molecule has 90 valence electrons. The topological polar surface area (TPSA) is 50.1 Å². The van der Waals surface area contributed by atoms with Gasteiger partial charge in [-0.05, 0) is 26.2 Å². The van der Waals surface area contributed by atoms with Crippen molar-refractivity contribution in [2.75, 3.05) is 6.61 Å². The van der Waals surface area contributed by atoms with Gasteiger partial charge >= 0.3 is 5.97 Å². The maximum atomic E-state index is 11.3. The molecular formula is C13H21NO2. The highest BCUT2D eigenvalue weighted by atomic mass is 16.5. The summed E-state index contributed by atoms with van der Waals surface area (Å²) in [5.41, 5.74) is 0.363. The molecule has 0 aliphatic heterocycles. The highest BCUT2D eigenvalue weighted by Gasteiger charge is 2.27. The van der Waals surface area contributed by atoms with Crippen molar-refractivity contribution >= 4 is 5.97 Å². The molecule has 0 aromatic carbocycles. The molecule has 0 radical (unpaired) electrons. The van der Waals surface area contributed by atoms with Gasteiger partial charge in [0, 0.05) is 17.4 Å². The zero-order chi connectivity index (χ0) is 12.6. The minimum atomic E-state index is -0.344. The molecule has 0 aromatic heterocycles. The van der Waals surface area contributed by atoms with Crippen molar-refractivity contribution in [1.29, 1.82) is 5.26 Å². The molecule has 16 heavy (non-hydrogen) atoms. The van der Waals surface area contributed by atoms with E-state index in [1.165, 1.54) is 0 Å². The van der Waals surface area contributed by atoms with Crippen molar-refractivity contribution < 1.29 is 9.53 Å². The molecule has 0 saturated heterocycles. The molecule has 0 amide bonds. The highest BCUT2D eigenvalue weighted by Crippen LogP contribution is 2.32. The van der Waals surface area contributed by atoms with E-state index in [2.05, 4.69) is 26.5 Å². The van der Waals surface area contributed by atoms with Crippen LogP contribution in [0.4, 0.5) is 0 Å². The van der Waals surface area contributed by atoms with E-state index in [9.17, 15) is 4.79 Å². The maximum absolute atomic E-state index is 11.3. The van der Waals surface area contributed by atoms with Gasteiger partial charge in [-0.1, -0.05) is 20.4 Å². The van der Waals surface area contributed by atoms with Crippen LogP contribution in [0.25, 0.3) is 0 Å². The molecule has 0 fully saturated rings. The van der Waals surface area contributed by atoms with Crippen molar-refractivity contribution in [3.05, 3.63) is 12.2 Å². The minimum Gasteiger partial charge on any atom is -0.462 e. The minimum absolute atomic E-state index is 0.0547. The molecule has 0 unspecified atom stereocenters. The quantitative estimate of drug-likeness (QED) is 0.492. The summed E-state index contributed by atoms with van der Waals surface area (Å²) in [5, 5.41) is 8.61. The van der Waals surface area contributed by atoms with Crippen LogP contribution in [0.3, 0.4) is 0 Å². The largest absolute Gasteiger partial charge is 0.462 e. The number of ether oxygens (including phenoxy) is 1. The fourth-order valence-electron chi connectivity index (χ4n) is 1.54. The number of carbonyl (C=O) groups excluding carboxylic acids is 1. The van der Waals surface area contributed by atoms with Gasteiger partial charge in [0.2, 0.25) is 0 Å². The Morgan fingerprint density at radius 3 is 2.38 bits per heavy atom. The van der Waals surface area contributed by atoms with Crippen LogP contribution in [-0.2, 0) is 9.53 Å². The van der Waals surface area contributed by atoms with Crippen LogP contribution >= 0.6 is 0 Å². The van der Waals surface area contributed by atoms with E-state index in [0.29, 0.717) is 18.6 Å². The second kappa shape index (κ2) is 7.05. The third-order valence-electron chi connectivity index (χ3n) is 3.13. The monoisotopic (exact) mass is 223 g/mol. The molecule has 3 heteroatoms. The molecule has 0 bridgehead atoms. The summed E-state index contributed by atoms with van der Waals surface area (Å²) in [4.78, 5) is 11.3. The summed E-state index contributed by atoms with van der Waals surface area (Å²) in [6.45, 7) is 9.69. The van der Waals surface area contributed by atoms with Crippen LogP contribution in [-0.4, -0.2) is 12.6 Å². The standard InChI is InChI=1S/C13H21NO2/c1-5-13(6-2,8-7-9-14)10-16-12(15)11(3)4/h3,5-8,10H2,1-2,4H3. The molecule has 0 atom stereocenters. The lowest BCUT2D eigenvalue weighted by molar-refractivity contribution is -0.143. The zero-order valence-corrected chi connectivity index (χ0v) is 10.5. The average Bonchev–Trinajstić information content (AvgIpc) is 2.29. The smallest absolute Gasteiger partial charge is 0.333 e. The summed E-state index contributed by atoms with van der Waals surface area (Å²) in [5.74, 6) is -0.344. The lowest BCUT2D eigenvalue weighted by Crippen LogP contribution is -2.27. The summed E-state index contributed by atoms with van der Waals surface area (Å²) >= 11 is 0. The number of nitriles is 1. The second-order valence-corrected chi connectivity index (χ2v) is 4.22. The number of rotatable bonds is 7. The Morgan fingerprint density at radius 1 is 1.44 bits per heavy atom. The lowest BCUT2D eigenvalue weighted by atomic mass is 9.79. The fourth-order valence-corrected chi connectivity index (χ4v) is 1.54. The van der Waals surface area contributed by atoms with Gasteiger partial charge in [-0.3, -0.25) is 0 Å². The van der Waals surface area contributed by atoms with Crippen molar-refractivity contribution in [1.82, 2.24) is 0 Å². The van der Waals surface area contributed by atoms with Gasteiger partial charge < -0.3 is 4.74 Å². The molecule has 0 saturated carbocycles. The Bertz CT molecular complexity index is 285. The van der Waals surface area contributed by atoms with E-state index in [0.717, 1.165) is 19.3 Å². The van der Waals surface area contributed by atoms with Crippen LogP contribution in [0.1, 0.15) is 46.5 Å². The third kappa shape index (κ3) is 4.48. The Kier molecular flexibility index (Phi) is 6.48. The number of esters is 1. The van der Waals surface area contributed by atoms with E-state index < -0.39 is 0 Å². The van der Waals surface area contributed by atoms with Crippen molar-refractivity contribution in [2.45, 2.75) is 46.5 Å². The first-order valence-electron chi connectivity index (χ1n) is 5.71. The molecule has 0 aliphatic carbocycles. The zero-order valence-electron chi connectivity index (χ0n) is 10.5. The first-order chi connectivity index (χ1) is 7.51. The normalized spacial score (nSPS) is 10.6. The fraction of sp³-hybridized carbons (Fsp3) is 0.692. The lowest BCUT2D eigenvalue weighted by Gasteiger charge is -2.30. The van der Waals surface area contributed by atoms with Gasteiger partial charge in [-0.25, -0.2) is 4.79 Å². The Balaban J connectivity index is 4.38. The molecule has 0 aromatic rings. The molecule has 3 nitrogen and oxygen atoms in total. The highest BCUT2D eigenvalue weighted by molar-refractivity contribution is 5.86. The molecule has 0 N–H and O–H groups in total. The summed E-state index contributed by atoms with van der Waals surface area (Å²) in [6.07, 6.45) is 3.11. The maximum Gasteiger partial charge on any atom is 0.333 e. The molecule has 0 rings (SSSR count). The number of carbonyl (C=O) groups is 1. The number of hydrogen-bond acceptors (Lipinski definition) is 3. The average molecular weight is 223 g/mol. The van der Waals surface area contributed by atoms with Gasteiger partial charge in [0.15, 0.2) is 0 Å². The first kappa shape index (κ1) is 14.7. The SMILES string of the molecule is C=C(C)C(=O)OCC(CC)(CC)CCC#N. The van der Waals surface area contributed by atoms with Crippen LogP contribution in [0.15, 0.2) is 12.2 Å². The van der Waals surface area contributed by atoms with Crippen LogP contribution < -0.4 is 0 Å². The van der Waals surface area contributed by atoms with E-state index in [1.54, 1.807) is 6.92 Å². The van der Waals surface area contributed by atoms with Crippen molar-refractivity contribution in [3.8, 4) is 6.07 Å². The number of nitrogens with zero attached hydrogens (tertiary/aromatic N) is 1. The van der Waals surface area contributed by atoms with Gasteiger partial charge in [0.1, 0.15) is 0 Å². The van der Waals surface area contributed by atoms with Gasteiger partial charge in [-0.2, -0.15) is 5.26 Å². The third-order valence-corrected chi connectivity index (χ3v) is 3.13. The second-order valence-electron chi connectivity index (χ2n) is 4.22. The van der Waals surface area contributed by atoms with E-state index in [4.69, 9.17) is 10.00 Å². The van der Waals surface area contributed by atoms with Crippen LogP contribution in [0.5, 0.6) is 0 Å². The molecule has 0 aliphatic rings. The summed E-state index contributed by atoms with van der Waals surface area (Å²) in [7, 11) is 0.